The molecule has 0 bridgehead atoms. The molecule has 1 aromatic rings. The number of phenolic OH excluding ortho intramolecular Hbond substituents is 1. The highest BCUT2D eigenvalue weighted by molar-refractivity contribution is 5.97. The first-order valence-corrected chi connectivity index (χ1v) is 6.03. The van der Waals surface area contributed by atoms with Crippen molar-refractivity contribution in [1.29, 1.82) is 0 Å². The number of rotatable bonds is 1. The number of carbonyl (C=O) groups is 1. The zero-order valence-electron chi connectivity index (χ0n) is 10.7. The van der Waals surface area contributed by atoms with Crippen LogP contribution in [0.1, 0.15) is 42.6 Å². The van der Waals surface area contributed by atoms with Crippen molar-refractivity contribution in [3.05, 3.63) is 29.3 Å². The van der Waals surface area contributed by atoms with Gasteiger partial charge in [0.05, 0.1) is 5.56 Å². The highest BCUT2D eigenvalue weighted by Crippen LogP contribution is 2.31. The van der Waals surface area contributed by atoms with E-state index < -0.39 is 0 Å². The highest BCUT2D eigenvalue weighted by Gasteiger charge is 2.36. The van der Waals surface area contributed by atoms with Crippen molar-refractivity contribution in [3.8, 4) is 5.75 Å². The van der Waals surface area contributed by atoms with Gasteiger partial charge in [-0.05, 0) is 45.7 Å². The van der Waals surface area contributed by atoms with Crippen LogP contribution in [-0.2, 0) is 0 Å². The number of likely N-dealkylation sites (tertiary alicyclic amines) is 1. The van der Waals surface area contributed by atoms with Crippen LogP contribution in [0.4, 0.5) is 0 Å². The van der Waals surface area contributed by atoms with E-state index in [9.17, 15) is 9.90 Å². The minimum Gasteiger partial charge on any atom is -0.507 e. The molecule has 2 rings (SSSR count). The number of nitrogens with zero attached hydrogens (tertiary/aromatic N) is 1. The third kappa shape index (κ3) is 2.14. The van der Waals surface area contributed by atoms with Gasteiger partial charge in [0.2, 0.25) is 0 Å². The Hall–Kier alpha value is -1.51. The van der Waals surface area contributed by atoms with E-state index in [2.05, 4.69) is 13.8 Å². The molecule has 0 saturated carbocycles. The van der Waals surface area contributed by atoms with Crippen LogP contribution in [-0.4, -0.2) is 28.0 Å². The summed E-state index contributed by atoms with van der Waals surface area (Å²) >= 11 is 0. The molecule has 1 heterocycles. The van der Waals surface area contributed by atoms with Gasteiger partial charge in [0.15, 0.2) is 0 Å². The van der Waals surface area contributed by atoms with Crippen molar-refractivity contribution in [2.45, 2.75) is 39.2 Å². The van der Waals surface area contributed by atoms with E-state index in [1.165, 1.54) is 0 Å². The molecule has 92 valence electrons. The lowest BCUT2D eigenvalue weighted by Gasteiger charge is -2.31. The molecule has 0 spiro atoms. The molecular weight excluding hydrogens is 214 g/mol. The fraction of sp³-hybridized carbons (Fsp3) is 0.500. The van der Waals surface area contributed by atoms with Crippen molar-refractivity contribution in [1.82, 2.24) is 4.90 Å². The number of aryl methyl sites for hydroxylation is 1. The Labute approximate surface area is 102 Å². The number of amides is 1. The van der Waals surface area contributed by atoms with Gasteiger partial charge in [0, 0.05) is 12.1 Å². The van der Waals surface area contributed by atoms with Crippen LogP contribution in [0.15, 0.2) is 18.2 Å². The summed E-state index contributed by atoms with van der Waals surface area (Å²) in [6, 6.07) is 5.15. The molecule has 1 aliphatic heterocycles. The Kier molecular flexibility index (Phi) is 2.86. The predicted molar refractivity (Wildman–Crippen MR) is 67.2 cm³/mol. The second-order valence-corrected chi connectivity index (χ2v) is 5.39. The van der Waals surface area contributed by atoms with Crippen molar-refractivity contribution in [2.24, 2.45) is 0 Å². The van der Waals surface area contributed by atoms with Gasteiger partial charge >= 0.3 is 0 Å². The van der Waals surface area contributed by atoms with E-state index in [-0.39, 0.29) is 17.2 Å². The van der Waals surface area contributed by atoms with Crippen LogP contribution in [0.25, 0.3) is 0 Å². The summed E-state index contributed by atoms with van der Waals surface area (Å²) in [6.07, 6.45) is 2.05. The fourth-order valence-corrected chi connectivity index (χ4v) is 2.45. The zero-order chi connectivity index (χ0) is 12.6. The smallest absolute Gasteiger partial charge is 0.258 e. The third-order valence-corrected chi connectivity index (χ3v) is 3.53. The van der Waals surface area contributed by atoms with Crippen LogP contribution < -0.4 is 0 Å². The van der Waals surface area contributed by atoms with E-state index in [1.54, 1.807) is 18.2 Å². The molecule has 0 unspecified atom stereocenters. The van der Waals surface area contributed by atoms with Gasteiger partial charge in [0.1, 0.15) is 5.75 Å². The summed E-state index contributed by atoms with van der Waals surface area (Å²) in [5.41, 5.74) is 1.30. The number of hydrogen-bond donors (Lipinski definition) is 1. The Morgan fingerprint density at radius 3 is 2.71 bits per heavy atom. The lowest BCUT2D eigenvalue weighted by atomic mass is 10.0. The molecule has 3 nitrogen and oxygen atoms in total. The molecule has 17 heavy (non-hydrogen) atoms. The van der Waals surface area contributed by atoms with E-state index in [0.29, 0.717) is 5.56 Å². The molecule has 0 atom stereocenters. The van der Waals surface area contributed by atoms with Crippen molar-refractivity contribution < 1.29 is 9.90 Å². The molecule has 1 saturated heterocycles. The van der Waals surface area contributed by atoms with Crippen LogP contribution in [0.2, 0.25) is 0 Å². The average molecular weight is 233 g/mol. The first-order valence-electron chi connectivity index (χ1n) is 6.03. The van der Waals surface area contributed by atoms with Gasteiger partial charge in [-0.3, -0.25) is 4.79 Å². The van der Waals surface area contributed by atoms with E-state index in [4.69, 9.17) is 0 Å². The lowest BCUT2D eigenvalue weighted by molar-refractivity contribution is 0.0649. The van der Waals surface area contributed by atoms with Gasteiger partial charge in [-0.25, -0.2) is 0 Å². The molecule has 0 aromatic heterocycles. The number of aromatic hydroxyl groups is 1. The number of benzene rings is 1. The van der Waals surface area contributed by atoms with Crippen LogP contribution in [0.5, 0.6) is 5.75 Å². The average Bonchev–Trinajstić information content (AvgIpc) is 2.61. The Morgan fingerprint density at radius 1 is 1.41 bits per heavy atom. The number of carbonyl (C=O) groups excluding carboxylic acids is 1. The summed E-state index contributed by atoms with van der Waals surface area (Å²) in [4.78, 5) is 14.3. The summed E-state index contributed by atoms with van der Waals surface area (Å²) in [5.74, 6) is 0.0111. The summed E-state index contributed by atoms with van der Waals surface area (Å²) < 4.78 is 0. The standard InChI is InChI=1S/C14H19NO2/c1-10-5-6-12(16)11(9-10)13(17)15-8-4-7-14(15,2)3/h5-6,9,16H,4,7-8H2,1-3H3. The van der Waals surface area contributed by atoms with E-state index >= 15 is 0 Å². The van der Waals surface area contributed by atoms with Gasteiger partial charge in [-0.15, -0.1) is 0 Å². The maximum Gasteiger partial charge on any atom is 0.258 e. The molecule has 1 amide bonds. The highest BCUT2D eigenvalue weighted by atomic mass is 16.3. The zero-order valence-corrected chi connectivity index (χ0v) is 10.7. The summed E-state index contributed by atoms with van der Waals surface area (Å²) in [5, 5.41) is 9.79. The monoisotopic (exact) mass is 233 g/mol. The lowest BCUT2D eigenvalue weighted by Crippen LogP contribution is -2.42. The molecule has 1 fully saturated rings. The first kappa shape index (κ1) is 12.0. The quantitative estimate of drug-likeness (QED) is 0.810. The van der Waals surface area contributed by atoms with Crippen LogP contribution >= 0.6 is 0 Å². The Morgan fingerprint density at radius 2 is 2.12 bits per heavy atom. The van der Waals surface area contributed by atoms with Gasteiger partial charge in [0.25, 0.3) is 5.91 Å². The topological polar surface area (TPSA) is 40.5 Å². The molecule has 1 aromatic carbocycles. The second kappa shape index (κ2) is 4.06. The minimum atomic E-state index is -0.104. The van der Waals surface area contributed by atoms with Gasteiger partial charge in [-0.1, -0.05) is 11.6 Å². The second-order valence-electron chi connectivity index (χ2n) is 5.39. The first-order chi connectivity index (χ1) is 7.92. The van der Waals surface area contributed by atoms with E-state index in [0.717, 1.165) is 24.9 Å². The Bertz CT molecular complexity index is 452. The molecular formula is C14H19NO2. The SMILES string of the molecule is Cc1ccc(O)c(C(=O)N2CCCC2(C)C)c1. The van der Waals surface area contributed by atoms with Crippen molar-refractivity contribution >= 4 is 5.91 Å². The maximum atomic E-state index is 12.4. The Balaban J connectivity index is 2.34. The minimum absolute atomic E-state index is 0.0614. The summed E-state index contributed by atoms with van der Waals surface area (Å²) in [6.45, 7) is 6.85. The largest absolute Gasteiger partial charge is 0.507 e. The molecule has 0 aliphatic carbocycles. The number of hydrogen-bond acceptors (Lipinski definition) is 2. The maximum absolute atomic E-state index is 12.4. The van der Waals surface area contributed by atoms with Gasteiger partial charge < -0.3 is 10.0 Å². The fourth-order valence-electron chi connectivity index (χ4n) is 2.45. The third-order valence-electron chi connectivity index (χ3n) is 3.53. The van der Waals surface area contributed by atoms with Crippen molar-refractivity contribution in [2.75, 3.05) is 6.54 Å². The normalized spacial score (nSPS) is 18.4. The molecule has 1 aliphatic rings. The predicted octanol–water partition coefficient (Wildman–Crippen LogP) is 2.72. The van der Waals surface area contributed by atoms with Gasteiger partial charge in [-0.2, -0.15) is 0 Å². The van der Waals surface area contributed by atoms with Crippen LogP contribution in [0.3, 0.4) is 0 Å². The molecule has 0 radical (unpaired) electrons. The molecule has 3 heteroatoms. The van der Waals surface area contributed by atoms with Crippen molar-refractivity contribution in [3.63, 3.8) is 0 Å². The van der Waals surface area contributed by atoms with Crippen LogP contribution in [0, 0.1) is 6.92 Å². The summed E-state index contributed by atoms with van der Waals surface area (Å²) in [7, 11) is 0. The number of phenols is 1. The molecule has 1 N–H and O–H groups in total. The van der Waals surface area contributed by atoms with E-state index in [1.807, 2.05) is 11.8 Å².